The molecule has 1 atom stereocenters. The van der Waals surface area contributed by atoms with E-state index >= 15 is 0 Å². The first kappa shape index (κ1) is 15.3. The normalized spacial score (nSPS) is 12.6. The Bertz CT molecular complexity index is 224. The Balaban J connectivity index is 4.40. The Hall–Kier alpha value is -0.653. The monoisotopic (exact) mass is 245 g/mol. The zero-order valence-electron chi connectivity index (χ0n) is 10.5. The molecular formula is C11H21O4Si. The molecule has 0 saturated heterocycles. The first-order chi connectivity index (χ1) is 7.56. The number of esters is 1. The Morgan fingerprint density at radius 2 is 1.75 bits per heavy atom. The van der Waals surface area contributed by atoms with E-state index in [1.807, 2.05) is 20.8 Å². The molecule has 0 amide bonds. The van der Waals surface area contributed by atoms with E-state index in [4.69, 9.17) is 13.6 Å². The second kappa shape index (κ2) is 8.49. The molecule has 0 aliphatic rings. The van der Waals surface area contributed by atoms with E-state index in [1.165, 1.54) is 0 Å². The van der Waals surface area contributed by atoms with E-state index in [2.05, 4.69) is 6.58 Å². The summed E-state index contributed by atoms with van der Waals surface area (Å²) in [6.45, 7) is 12.0. The molecule has 0 aliphatic heterocycles. The maximum absolute atomic E-state index is 11.4. The lowest BCUT2D eigenvalue weighted by Crippen LogP contribution is -2.40. The van der Waals surface area contributed by atoms with Crippen LogP contribution in [0.15, 0.2) is 12.2 Å². The molecule has 0 heterocycles. The van der Waals surface area contributed by atoms with Crippen LogP contribution in [0.25, 0.3) is 0 Å². The van der Waals surface area contributed by atoms with Crippen molar-refractivity contribution in [1.82, 2.24) is 0 Å². The second-order valence-electron chi connectivity index (χ2n) is 3.27. The fourth-order valence-electron chi connectivity index (χ4n) is 1.04. The number of carbonyl (C=O) groups is 1. The van der Waals surface area contributed by atoms with Gasteiger partial charge < -0.3 is 13.6 Å². The summed E-state index contributed by atoms with van der Waals surface area (Å²) in [5.74, 6) is -0.381. The first-order valence-electron chi connectivity index (χ1n) is 5.55. The molecule has 16 heavy (non-hydrogen) atoms. The van der Waals surface area contributed by atoms with Crippen molar-refractivity contribution in [3.63, 3.8) is 0 Å². The molecule has 0 aromatic carbocycles. The van der Waals surface area contributed by atoms with Crippen LogP contribution in [0.4, 0.5) is 0 Å². The Kier molecular flexibility index (Phi) is 8.15. The zero-order valence-corrected chi connectivity index (χ0v) is 11.5. The van der Waals surface area contributed by atoms with E-state index in [9.17, 15) is 4.79 Å². The predicted molar refractivity (Wildman–Crippen MR) is 64.0 cm³/mol. The maximum atomic E-state index is 11.4. The molecular weight excluding hydrogens is 224 g/mol. The van der Waals surface area contributed by atoms with Gasteiger partial charge in [-0.3, -0.25) is 0 Å². The number of carbonyl (C=O) groups excluding carboxylic acids is 1. The molecule has 0 aliphatic carbocycles. The lowest BCUT2D eigenvalue weighted by Gasteiger charge is -2.22. The second-order valence-corrected chi connectivity index (χ2v) is 5.13. The number of rotatable bonds is 8. The van der Waals surface area contributed by atoms with Crippen LogP contribution < -0.4 is 0 Å². The van der Waals surface area contributed by atoms with Gasteiger partial charge in [0, 0.05) is 18.8 Å². The number of hydrogen-bond donors (Lipinski definition) is 0. The van der Waals surface area contributed by atoms with E-state index in [1.54, 1.807) is 6.92 Å². The van der Waals surface area contributed by atoms with E-state index in [0.29, 0.717) is 25.2 Å². The molecule has 0 spiro atoms. The van der Waals surface area contributed by atoms with E-state index in [-0.39, 0.29) is 11.7 Å². The zero-order chi connectivity index (χ0) is 12.6. The highest BCUT2D eigenvalue weighted by atomic mass is 28.3. The van der Waals surface area contributed by atoms with Crippen LogP contribution >= 0.6 is 0 Å². The smallest absolute Gasteiger partial charge is 0.429 e. The summed E-state index contributed by atoms with van der Waals surface area (Å²) >= 11 is 0. The SMILES string of the molecule is C=C(C)C(=O)OC(CC)[Si](OCC)OCC. The fraction of sp³-hybridized carbons (Fsp3) is 0.727. The summed E-state index contributed by atoms with van der Waals surface area (Å²) in [4.78, 5) is 11.4. The van der Waals surface area contributed by atoms with Crippen molar-refractivity contribution in [3.8, 4) is 0 Å². The lowest BCUT2D eigenvalue weighted by atomic mass is 10.4. The maximum Gasteiger partial charge on any atom is 0.429 e. The molecule has 0 N–H and O–H groups in total. The average molecular weight is 245 g/mol. The Morgan fingerprint density at radius 1 is 1.25 bits per heavy atom. The third kappa shape index (κ3) is 5.44. The van der Waals surface area contributed by atoms with Crippen LogP contribution in [-0.4, -0.2) is 34.2 Å². The summed E-state index contributed by atoms with van der Waals surface area (Å²) in [7, 11) is -1.55. The molecule has 0 rings (SSSR count). The van der Waals surface area contributed by atoms with Gasteiger partial charge >= 0.3 is 15.3 Å². The van der Waals surface area contributed by atoms with Crippen molar-refractivity contribution in [2.45, 2.75) is 39.8 Å². The molecule has 0 aromatic heterocycles. The molecule has 0 aromatic rings. The van der Waals surface area contributed by atoms with Crippen LogP contribution in [0.3, 0.4) is 0 Å². The van der Waals surface area contributed by atoms with Crippen molar-refractivity contribution in [1.29, 1.82) is 0 Å². The number of hydrogen-bond acceptors (Lipinski definition) is 4. The van der Waals surface area contributed by atoms with E-state index in [0.717, 1.165) is 0 Å². The van der Waals surface area contributed by atoms with Crippen LogP contribution in [0.2, 0.25) is 0 Å². The minimum atomic E-state index is -1.55. The molecule has 0 bridgehead atoms. The number of ether oxygens (including phenoxy) is 1. The van der Waals surface area contributed by atoms with Crippen LogP contribution in [0.1, 0.15) is 34.1 Å². The minimum Gasteiger partial charge on any atom is -0.457 e. The minimum absolute atomic E-state index is 0.283. The van der Waals surface area contributed by atoms with Gasteiger partial charge in [-0.15, -0.1) is 0 Å². The molecule has 0 saturated carbocycles. The summed E-state index contributed by atoms with van der Waals surface area (Å²) in [6.07, 6.45) is 0.688. The predicted octanol–water partition coefficient (Wildman–Crippen LogP) is 1.98. The largest absolute Gasteiger partial charge is 0.457 e. The van der Waals surface area contributed by atoms with Crippen molar-refractivity contribution in [3.05, 3.63) is 12.2 Å². The van der Waals surface area contributed by atoms with Crippen molar-refractivity contribution in [2.75, 3.05) is 13.2 Å². The van der Waals surface area contributed by atoms with Crippen LogP contribution in [-0.2, 0) is 18.4 Å². The molecule has 0 fully saturated rings. The summed E-state index contributed by atoms with van der Waals surface area (Å²) in [6, 6.07) is 0. The Labute approximate surface area is 99.4 Å². The van der Waals surface area contributed by atoms with Crippen LogP contribution in [0.5, 0.6) is 0 Å². The Morgan fingerprint density at radius 3 is 2.06 bits per heavy atom. The highest BCUT2D eigenvalue weighted by molar-refractivity contribution is 6.46. The molecule has 1 unspecified atom stereocenters. The van der Waals surface area contributed by atoms with Gasteiger partial charge in [-0.1, -0.05) is 13.5 Å². The molecule has 93 valence electrons. The van der Waals surface area contributed by atoms with Crippen LogP contribution in [0, 0.1) is 0 Å². The highest BCUT2D eigenvalue weighted by Crippen LogP contribution is 2.09. The van der Waals surface area contributed by atoms with Crippen molar-refractivity contribution in [2.24, 2.45) is 0 Å². The van der Waals surface area contributed by atoms with Gasteiger partial charge in [-0.25, -0.2) is 4.79 Å². The van der Waals surface area contributed by atoms with Gasteiger partial charge in [-0.2, -0.15) is 0 Å². The third-order valence-corrected chi connectivity index (χ3v) is 4.00. The summed E-state index contributed by atoms with van der Waals surface area (Å²) in [5.41, 5.74) is 0.113. The standard InChI is InChI=1S/C11H21O4Si/c1-6-10(15-11(12)9(4)5)16(13-7-2)14-8-3/h10H,4,6-8H2,1-3,5H3. The fourth-order valence-corrected chi connectivity index (χ4v) is 2.60. The summed E-state index contributed by atoms with van der Waals surface area (Å²) in [5, 5.41) is 0. The molecule has 5 heteroatoms. The lowest BCUT2D eigenvalue weighted by molar-refractivity contribution is -0.142. The van der Waals surface area contributed by atoms with E-state index < -0.39 is 9.28 Å². The third-order valence-electron chi connectivity index (χ3n) is 1.80. The van der Waals surface area contributed by atoms with Gasteiger partial charge in [-0.05, 0) is 27.2 Å². The van der Waals surface area contributed by atoms with Gasteiger partial charge in [0.05, 0.1) is 0 Å². The summed E-state index contributed by atoms with van der Waals surface area (Å²) < 4.78 is 16.3. The van der Waals surface area contributed by atoms with Gasteiger partial charge in [0.1, 0.15) is 5.73 Å². The quantitative estimate of drug-likeness (QED) is 0.373. The van der Waals surface area contributed by atoms with Gasteiger partial charge in [0.15, 0.2) is 0 Å². The molecule has 4 nitrogen and oxygen atoms in total. The average Bonchev–Trinajstić information content (AvgIpc) is 2.25. The topological polar surface area (TPSA) is 44.8 Å². The first-order valence-corrected chi connectivity index (χ1v) is 6.95. The molecule has 1 radical (unpaired) electrons. The van der Waals surface area contributed by atoms with Crippen molar-refractivity contribution < 1.29 is 18.4 Å². The van der Waals surface area contributed by atoms with Crippen molar-refractivity contribution >= 4 is 15.3 Å². The van der Waals surface area contributed by atoms with Gasteiger partial charge in [0.25, 0.3) is 0 Å². The highest BCUT2D eigenvalue weighted by Gasteiger charge is 2.30. The van der Waals surface area contributed by atoms with Gasteiger partial charge in [0.2, 0.25) is 0 Å².